The monoisotopic (exact) mass is 222 g/mol. The molecule has 0 unspecified atom stereocenters. The van der Waals surface area contributed by atoms with Crippen molar-refractivity contribution >= 4 is 5.91 Å². The first-order chi connectivity index (χ1) is 6.92. The number of carbonyl (C=O) groups excluding carboxylic acids is 1. The van der Waals surface area contributed by atoms with Crippen LogP contribution in [0.3, 0.4) is 0 Å². The zero-order valence-electron chi connectivity index (χ0n) is 7.88. The molecule has 1 N–H and O–H groups in total. The number of nitrogens with one attached hydrogen (secondary N) is 1. The van der Waals surface area contributed by atoms with E-state index >= 15 is 0 Å². The number of alkyl halides is 3. The Morgan fingerprint density at radius 1 is 1.60 bits per heavy atom. The minimum Gasteiger partial charge on any atom is -0.354 e. The van der Waals surface area contributed by atoms with E-state index in [0.717, 1.165) is 11.0 Å². The number of nitrogens with zero attached hydrogens (tertiary/aromatic N) is 3. The molecule has 0 radical (unpaired) electrons. The first-order valence-corrected chi connectivity index (χ1v) is 4.11. The topological polar surface area (TPSA) is 59.8 Å². The Morgan fingerprint density at radius 2 is 2.27 bits per heavy atom. The Balaban J connectivity index is 2.57. The third kappa shape index (κ3) is 3.56. The van der Waals surface area contributed by atoms with E-state index in [1.807, 2.05) is 0 Å². The maximum Gasteiger partial charge on any atom is 0.390 e. The molecule has 0 atom stereocenters. The number of hydrogen-bond donors (Lipinski definition) is 1. The summed E-state index contributed by atoms with van der Waals surface area (Å²) in [6.45, 7) is -0.388. The summed E-state index contributed by atoms with van der Waals surface area (Å²) in [5, 5.41) is 9.40. The molecule has 0 aromatic carbocycles. The molecule has 0 aliphatic carbocycles. The second kappa shape index (κ2) is 4.28. The molecule has 0 saturated carbocycles. The normalized spacial score (nSPS) is 11.5. The average Bonchev–Trinajstić information content (AvgIpc) is 2.61. The molecule has 15 heavy (non-hydrogen) atoms. The van der Waals surface area contributed by atoms with Gasteiger partial charge in [-0.25, -0.2) is 0 Å². The number of hydrogen-bond acceptors (Lipinski definition) is 3. The van der Waals surface area contributed by atoms with Crippen molar-refractivity contribution in [2.24, 2.45) is 0 Å². The lowest BCUT2D eigenvalue weighted by Crippen LogP contribution is -2.19. The van der Waals surface area contributed by atoms with Crippen LogP contribution in [-0.2, 0) is 6.54 Å². The average molecular weight is 222 g/mol. The van der Waals surface area contributed by atoms with Crippen LogP contribution in [0.1, 0.15) is 16.9 Å². The maximum atomic E-state index is 11.8. The first-order valence-electron chi connectivity index (χ1n) is 4.11. The van der Waals surface area contributed by atoms with Gasteiger partial charge in [0.15, 0.2) is 5.69 Å². The van der Waals surface area contributed by atoms with E-state index in [0.29, 0.717) is 0 Å². The molecule has 5 nitrogen and oxygen atoms in total. The molecule has 0 aliphatic rings. The first kappa shape index (κ1) is 11.5. The molecule has 0 aliphatic heterocycles. The standard InChI is InChI=1S/C7H9F3N4O/c1-11-6(15)5-4-12-14(13-5)3-2-7(8,9)10/h4H,2-3H2,1H3,(H,11,15). The van der Waals surface area contributed by atoms with Crippen LogP contribution >= 0.6 is 0 Å². The zero-order valence-corrected chi connectivity index (χ0v) is 7.88. The lowest BCUT2D eigenvalue weighted by molar-refractivity contribution is -0.137. The summed E-state index contributed by atoms with van der Waals surface area (Å²) in [7, 11) is 1.40. The summed E-state index contributed by atoms with van der Waals surface area (Å²) in [5.74, 6) is -0.478. The molecule has 1 heterocycles. The fourth-order valence-electron chi connectivity index (χ4n) is 0.864. The second-order valence-corrected chi connectivity index (χ2v) is 2.77. The minimum absolute atomic E-state index is 0.000301. The van der Waals surface area contributed by atoms with Gasteiger partial charge in [-0.2, -0.15) is 23.1 Å². The molecule has 0 bridgehead atoms. The summed E-state index contributed by atoms with van der Waals surface area (Å²) >= 11 is 0. The lowest BCUT2D eigenvalue weighted by Gasteiger charge is -2.04. The highest BCUT2D eigenvalue weighted by molar-refractivity contribution is 5.91. The maximum absolute atomic E-state index is 11.8. The van der Waals surface area contributed by atoms with Gasteiger partial charge in [0.05, 0.1) is 19.2 Å². The Labute approximate surface area is 83.3 Å². The fourth-order valence-corrected chi connectivity index (χ4v) is 0.864. The van der Waals surface area contributed by atoms with Gasteiger partial charge in [-0.05, 0) is 0 Å². The quantitative estimate of drug-likeness (QED) is 0.814. The second-order valence-electron chi connectivity index (χ2n) is 2.77. The van der Waals surface area contributed by atoms with E-state index in [2.05, 4.69) is 15.5 Å². The zero-order chi connectivity index (χ0) is 11.5. The van der Waals surface area contributed by atoms with Crippen molar-refractivity contribution in [3.8, 4) is 0 Å². The SMILES string of the molecule is CNC(=O)c1cnn(CCC(F)(F)F)n1. The predicted molar refractivity (Wildman–Crippen MR) is 44.1 cm³/mol. The number of rotatable bonds is 3. The Morgan fingerprint density at radius 3 is 2.80 bits per heavy atom. The lowest BCUT2D eigenvalue weighted by atomic mass is 10.4. The Kier molecular flexibility index (Phi) is 3.28. The molecule has 0 saturated heterocycles. The summed E-state index contributed by atoms with van der Waals surface area (Å²) in [6, 6.07) is 0. The van der Waals surface area contributed by atoms with Gasteiger partial charge in [-0.15, -0.1) is 5.10 Å². The number of aromatic nitrogens is 3. The molecular formula is C7H9F3N4O. The molecule has 8 heteroatoms. The molecule has 1 aromatic heterocycles. The summed E-state index contributed by atoms with van der Waals surface area (Å²) in [4.78, 5) is 11.8. The van der Waals surface area contributed by atoms with Gasteiger partial charge in [0.25, 0.3) is 5.91 Å². The summed E-state index contributed by atoms with van der Waals surface area (Å²) in [6.07, 6.45) is -4.15. The van der Waals surface area contributed by atoms with Gasteiger partial charge in [0.1, 0.15) is 0 Å². The van der Waals surface area contributed by atoms with Gasteiger partial charge in [0.2, 0.25) is 0 Å². The number of halogens is 3. The predicted octanol–water partition coefficient (Wildman–Crippen LogP) is 0.590. The van der Waals surface area contributed by atoms with Crippen molar-refractivity contribution in [1.82, 2.24) is 20.3 Å². The Hall–Kier alpha value is -1.60. The smallest absolute Gasteiger partial charge is 0.354 e. The minimum atomic E-state index is -4.25. The van der Waals surface area contributed by atoms with Crippen molar-refractivity contribution < 1.29 is 18.0 Å². The summed E-state index contributed by atoms with van der Waals surface area (Å²) in [5.41, 5.74) is -0.000301. The molecule has 1 amide bonds. The van der Waals surface area contributed by atoms with Crippen LogP contribution in [0.5, 0.6) is 0 Å². The summed E-state index contributed by atoms with van der Waals surface area (Å²) < 4.78 is 35.5. The van der Waals surface area contributed by atoms with Gasteiger partial charge >= 0.3 is 6.18 Å². The molecule has 0 spiro atoms. The van der Waals surface area contributed by atoms with E-state index in [1.165, 1.54) is 7.05 Å². The third-order valence-electron chi connectivity index (χ3n) is 1.59. The van der Waals surface area contributed by atoms with E-state index in [1.54, 1.807) is 0 Å². The van der Waals surface area contributed by atoms with Crippen molar-refractivity contribution in [3.05, 3.63) is 11.9 Å². The molecule has 1 rings (SSSR count). The van der Waals surface area contributed by atoms with Gasteiger partial charge in [0, 0.05) is 7.05 Å². The van der Waals surface area contributed by atoms with Crippen LogP contribution in [0.4, 0.5) is 13.2 Å². The van der Waals surface area contributed by atoms with Crippen molar-refractivity contribution in [2.75, 3.05) is 7.05 Å². The van der Waals surface area contributed by atoms with Crippen molar-refractivity contribution in [3.63, 3.8) is 0 Å². The fraction of sp³-hybridized carbons (Fsp3) is 0.571. The van der Waals surface area contributed by atoms with E-state index in [9.17, 15) is 18.0 Å². The number of carbonyl (C=O) groups is 1. The van der Waals surface area contributed by atoms with Crippen LogP contribution in [0.2, 0.25) is 0 Å². The van der Waals surface area contributed by atoms with Gasteiger partial charge in [-0.3, -0.25) is 4.79 Å². The van der Waals surface area contributed by atoms with E-state index < -0.39 is 18.5 Å². The molecule has 84 valence electrons. The highest BCUT2D eigenvalue weighted by Crippen LogP contribution is 2.19. The third-order valence-corrected chi connectivity index (χ3v) is 1.59. The van der Waals surface area contributed by atoms with E-state index in [-0.39, 0.29) is 12.2 Å². The highest BCUT2D eigenvalue weighted by atomic mass is 19.4. The van der Waals surface area contributed by atoms with Gasteiger partial charge in [-0.1, -0.05) is 0 Å². The number of amides is 1. The highest BCUT2D eigenvalue weighted by Gasteiger charge is 2.27. The largest absolute Gasteiger partial charge is 0.390 e. The van der Waals surface area contributed by atoms with Gasteiger partial charge < -0.3 is 5.32 Å². The van der Waals surface area contributed by atoms with Crippen LogP contribution in [0.25, 0.3) is 0 Å². The molecule has 1 aromatic rings. The van der Waals surface area contributed by atoms with Crippen LogP contribution in [0.15, 0.2) is 6.20 Å². The van der Waals surface area contributed by atoms with Crippen LogP contribution in [-0.4, -0.2) is 34.1 Å². The van der Waals surface area contributed by atoms with E-state index in [4.69, 9.17) is 0 Å². The van der Waals surface area contributed by atoms with Crippen LogP contribution < -0.4 is 5.32 Å². The molecule has 0 fully saturated rings. The van der Waals surface area contributed by atoms with Crippen LogP contribution in [0, 0.1) is 0 Å². The Bertz CT molecular complexity index is 346. The van der Waals surface area contributed by atoms with Crippen molar-refractivity contribution in [2.45, 2.75) is 19.1 Å². The van der Waals surface area contributed by atoms with Crippen molar-refractivity contribution in [1.29, 1.82) is 0 Å². The molecular weight excluding hydrogens is 213 g/mol. The number of aryl methyl sites for hydroxylation is 1.